The number of piperidine rings is 1. The van der Waals surface area contributed by atoms with Gasteiger partial charge in [0.25, 0.3) is 0 Å². The Labute approximate surface area is 123 Å². The van der Waals surface area contributed by atoms with E-state index in [0.717, 1.165) is 25.9 Å². The lowest BCUT2D eigenvalue weighted by Crippen LogP contribution is -2.33. The van der Waals surface area contributed by atoms with Crippen molar-refractivity contribution in [3.63, 3.8) is 0 Å². The first-order valence-corrected chi connectivity index (χ1v) is 8.53. The highest BCUT2D eigenvalue weighted by atomic mass is 35.5. The van der Waals surface area contributed by atoms with E-state index in [1.807, 2.05) is 0 Å². The molecule has 1 saturated heterocycles. The molecule has 0 atom stereocenters. The van der Waals surface area contributed by atoms with Gasteiger partial charge in [0.05, 0.1) is 21.5 Å². The summed E-state index contributed by atoms with van der Waals surface area (Å²) in [6, 6.07) is 4.70. The highest BCUT2D eigenvalue weighted by Crippen LogP contribution is 2.26. The third-order valence-electron chi connectivity index (χ3n) is 3.11. The van der Waals surface area contributed by atoms with Crippen LogP contribution in [0.3, 0.4) is 0 Å². The van der Waals surface area contributed by atoms with Crippen LogP contribution in [-0.4, -0.2) is 27.3 Å². The zero-order valence-electron chi connectivity index (χ0n) is 10.3. The van der Waals surface area contributed by atoms with Gasteiger partial charge in [-0.25, -0.2) is 8.42 Å². The molecule has 19 heavy (non-hydrogen) atoms. The molecule has 0 bridgehead atoms. The van der Waals surface area contributed by atoms with E-state index in [-0.39, 0.29) is 11.7 Å². The Morgan fingerprint density at radius 2 is 1.89 bits per heavy atom. The van der Waals surface area contributed by atoms with Crippen LogP contribution in [0.1, 0.15) is 12.8 Å². The van der Waals surface area contributed by atoms with Gasteiger partial charge in [-0.3, -0.25) is 4.72 Å². The van der Waals surface area contributed by atoms with Gasteiger partial charge < -0.3 is 5.32 Å². The molecule has 1 aliphatic heterocycles. The molecule has 0 amide bonds. The molecule has 106 valence electrons. The number of hydrogen-bond donors (Lipinski definition) is 2. The number of benzene rings is 1. The van der Waals surface area contributed by atoms with Gasteiger partial charge in [-0.15, -0.1) is 0 Å². The average Bonchev–Trinajstić information content (AvgIpc) is 2.34. The molecule has 2 rings (SSSR count). The van der Waals surface area contributed by atoms with Crippen LogP contribution in [0.4, 0.5) is 5.69 Å². The molecule has 1 aromatic rings. The zero-order chi connectivity index (χ0) is 13.9. The van der Waals surface area contributed by atoms with Crippen LogP contribution in [0, 0.1) is 5.92 Å². The Morgan fingerprint density at radius 3 is 2.53 bits per heavy atom. The predicted molar refractivity (Wildman–Crippen MR) is 79.5 cm³/mol. The Kier molecular flexibility index (Phi) is 4.95. The molecule has 1 fully saturated rings. The van der Waals surface area contributed by atoms with Crippen molar-refractivity contribution in [2.75, 3.05) is 23.6 Å². The molecule has 0 radical (unpaired) electrons. The Balaban J connectivity index is 2.01. The van der Waals surface area contributed by atoms with Crippen LogP contribution in [-0.2, 0) is 10.0 Å². The topological polar surface area (TPSA) is 58.2 Å². The molecular weight excluding hydrogens is 307 g/mol. The first-order valence-electron chi connectivity index (χ1n) is 6.12. The summed E-state index contributed by atoms with van der Waals surface area (Å²) in [5.41, 5.74) is 0.448. The van der Waals surface area contributed by atoms with Crippen molar-refractivity contribution in [2.45, 2.75) is 12.8 Å². The zero-order valence-corrected chi connectivity index (χ0v) is 12.7. The van der Waals surface area contributed by atoms with Crippen molar-refractivity contribution in [3.8, 4) is 0 Å². The van der Waals surface area contributed by atoms with E-state index in [9.17, 15) is 8.42 Å². The molecule has 2 N–H and O–H groups in total. The van der Waals surface area contributed by atoms with Crippen LogP contribution < -0.4 is 10.0 Å². The van der Waals surface area contributed by atoms with Gasteiger partial charge in [0.1, 0.15) is 0 Å². The number of nitrogens with one attached hydrogen (secondary N) is 2. The normalized spacial score (nSPS) is 17.4. The maximum absolute atomic E-state index is 12.1. The summed E-state index contributed by atoms with van der Waals surface area (Å²) in [5, 5.41) is 3.96. The van der Waals surface area contributed by atoms with Crippen molar-refractivity contribution >= 4 is 38.9 Å². The summed E-state index contributed by atoms with van der Waals surface area (Å²) in [7, 11) is -3.34. The lowest BCUT2D eigenvalue weighted by molar-refractivity contribution is 0.402. The summed E-state index contributed by atoms with van der Waals surface area (Å²) in [6.45, 7) is 1.76. The summed E-state index contributed by atoms with van der Waals surface area (Å²) in [4.78, 5) is 0. The Morgan fingerprint density at radius 1 is 1.21 bits per heavy atom. The second kappa shape index (κ2) is 6.31. The van der Waals surface area contributed by atoms with Gasteiger partial charge in [0, 0.05) is 0 Å². The highest BCUT2D eigenvalue weighted by Gasteiger charge is 2.21. The van der Waals surface area contributed by atoms with Gasteiger partial charge >= 0.3 is 0 Å². The quantitative estimate of drug-likeness (QED) is 0.896. The Hall–Kier alpha value is -0.490. The maximum Gasteiger partial charge on any atom is 0.232 e. The minimum atomic E-state index is -3.34. The average molecular weight is 323 g/mol. The maximum atomic E-state index is 12.1. The molecule has 0 aromatic heterocycles. The minimum Gasteiger partial charge on any atom is -0.317 e. The molecule has 0 unspecified atom stereocenters. The van der Waals surface area contributed by atoms with E-state index in [4.69, 9.17) is 23.2 Å². The van der Waals surface area contributed by atoms with Gasteiger partial charge in [-0.05, 0) is 50.0 Å². The van der Waals surface area contributed by atoms with Crippen molar-refractivity contribution in [1.82, 2.24) is 5.32 Å². The van der Waals surface area contributed by atoms with Crippen LogP contribution in [0.2, 0.25) is 10.0 Å². The van der Waals surface area contributed by atoms with E-state index >= 15 is 0 Å². The smallest absolute Gasteiger partial charge is 0.232 e. The van der Waals surface area contributed by atoms with Crippen LogP contribution in [0.15, 0.2) is 18.2 Å². The number of hydrogen-bond acceptors (Lipinski definition) is 3. The summed E-state index contributed by atoms with van der Waals surface area (Å²) >= 11 is 11.7. The SMILES string of the molecule is O=S(=O)(CC1CCNCC1)Nc1ccc(Cl)c(Cl)c1. The van der Waals surface area contributed by atoms with E-state index in [1.54, 1.807) is 12.1 Å². The summed E-state index contributed by atoms with van der Waals surface area (Å²) in [5.74, 6) is 0.357. The number of sulfonamides is 1. The van der Waals surface area contributed by atoms with Gasteiger partial charge in [-0.1, -0.05) is 23.2 Å². The molecule has 0 aliphatic carbocycles. The Bertz CT molecular complexity index is 543. The van der Waals surface area contributed by atoms with Crippen molar-refractivity contribution < 1.29 is 8.42 Å². The van der Waals surface area contributed by atoms with Crippen LogP contribution >= 0.6 is 23.2 Å². The van der Waals surface area contributed by atoms with Crippen LogP contribution in [0.25, 0.3) is 0 Å². The summed E-state index contributed by atoms with van der Waals surface area (Å²) in [6.07, 6.45) is 1.78. The van der Waals surface area contributed by atoms with E-state index in [1.165, 1.54) is 6.07 Å². The second-order valence-electron chi connectivity index (χ2n) is 4.71. The molecule has 0 saturated carbocycles. The molecule has 4 nitrogen and oxygen atoms in total. The minimum absolute atomic E-state index is 0.148. The van der Waals surface area contributed by atoms with E-state index < -0.39 is 10.0 Å². The van der Waals surface area contributed by atoms with E-state index in [2.05, 4.69) is 10.0 Å². The monoisotopic (exact) mass is 322 g/mol. The second-order valence-corrected chi connectivity index (χ2v) is 7.29. The molecule has 7 heteroatoms. The fourth-order valence-electron chi connectivity index (χ4n) is 2.14. The van der Waals surface area contributed by atoms with Gasteiger partial charge in [0.15, 0.2) is 0 Å². The van der Waals surface area contributed by atoms with Crippen LogP contribution in [0.5, 0.6) is 0 Å². The van der Waals surface area contributed by atoms with Crippen molar-refractivity contribution in [3.05, 3.63) is 28.2 Å². The number of rotatable bonds is 4. The first-order chi connectivity index (χ1) is 8.96. The third kappa shape index (κ3) is 4.53. The van der Waals surface area contributed by atoms with E-state index in [0.29, 0.717) is 15.7 Å². The van der Waals surface area contributed by atoms with Gasteiger partial charge in [-0.2, -0.15) is 0 Å². The van der Waals surface area contributed by atoms with Gasteiger partial charge in [0.2, 0.25) is 10.0 Å². The third-order valence-corrected chi connectivity index (χ3v) is 5.30. The number of anilines is 1. The predicted octanol–water partition coefficient (Wildman–Crippen LogP) is 2.73. The van der Waals surface area contributed by atoms with Crippen molar-refractivity contribution in [2.24, 2.45) is 5.92 Å². The lowest BCUT2D eigenvalue weighted by Gasteiger charge is -2.22. The molecule has 0 spiro atoms. The lowest BCUT2D eigenvalue weighted by atomic mass is 10.0. The largest absolute Gasteiger partial charge is 0.317 e. The summed E-state index contributed by atoms with van der Waals surface area (Å²) < 4.78 is 26.7. The molecule has 1 aromatic carbocycles. The molecular formula is C12H16Cl2N2O2S. The standard InChI is InChI=1S/C12H16Cl2N2O2S/c13-11-2-1-10(7-12(11)14)16-19(17,18)8-9-3-5-15-6-4-9/h1-2,7,9,15-16H,3-6,8H2. The number of halogens is 2. The fraction of sp³-hybridized carbons (Fsp3) is 0.500. The highest BCUT2D eigenvalue weighted by molar-refractivity contribution is 7.92. The van der Waals surface area contributed by atoms with Crippen molar-refractivity contribution in [1.29, 1.82) is 0 Å². The molecule has 1 aliphatic rings. The molecule has 1 heterocycles. The fourth-order valence-corrected chi connectivity index (χ4v) is 3.96. The first kappa shape index (κ1) is 14.9.